The van der Waals surface area contributed by atoms with Gasteiger partial charge in [0.2, 0.25) is 0 Å². The van der Waals surface area contributed by atoms with Gasteiger partial charge in [-0.3, -0.25) is 0 Å². The van der Waals surface area contributed by atoms with Gasteiger partial charge < -0.3 is 10.2 Å². The van der Waals surface area contributed by atoms with E-state index in [-0.39, 0.29) is 0 Å². The smallest absolute Gasteiger partial charge is 0.147 e. The van der Waals surface area contributed by atoms with Gasteiger partial charge in [0.1, 0.15) is 9.52 Å². The van der Waals surface area contributed by atoms with E-state index in [4.69, 9.17) is 0 Å². The van der Waals surface area contributed by atoms with Crippen molar-refractivity contribution in [1.82, 2.24) is 15.3 Å². The van der Waals surface area contributed by atoms with Crippen molar-refractivity contribution in [2.24, 2.45) is 0 Å². The Morgan fingerprint density at radius 1 is 1.23 bits per heavy atom. The molecule has 0 radical (unpaired) electrons. The summed E-state index contributed by atoms with van der Waals surface area (Å²) in [6.07, 6.45) is 3.64. The first-order valence-corrected chi connectivity index (χ1v) is 5.37. The first-order chi connectivity index (χ1) is 6.36. The number of anilines is 1. The molecule has 1 aromatic heterocycles. The Morgan fingerprint density at radius 2 is 2.00 bits per heavy atom. The summed E-state index contributed by atoms with van der Waals surface area (Å²) in [6.45, 7) is 4.12. The maximum atomic E-state index is 4.33. The fourth-order valence-electron chi connectivity index (χ4n) is 1.36. The van der Waals surface area contributed by atoms with E-state index in [1.807, 2.05) is 6.20 Å². The minimum absolute atomic E-state index is 0.941. The molecule has 2 rings (SSSR count). The number of piperazine rings is 1. The van der Waals surface area contributed by atoms with E-state index in [1.54, 1.807) is 6.20 Å². The van der Waals surface area contributed by atoms with E-state index >= 15 is 0 Å². The van der Waals surface area contributed by atoms with Crippen molar-refractivity contribution >= 4 is 28.4 Å². The molecule has 1 aliphatic heterocycles. The van der Waals surface area contributed by atoms with E-state index < -0.39 is 0 Å². The predicted molar refractivity (Wildman–Crippen MR) is 59.8 cm³/mol. The summed E-state index contributed by atoms with van der Waals surface area (Å²) >= 11 is 2.16. The number of rotatable bonds is 1. The van der Waals surface area contributed by atoms with Gasteiger partial charge >= 0.3 is 0 Å². The zero-order valence-corrected chi connectivity index (χ0v) is 9.36. The molecule has 1 fully saturated rings. The van der Waals surface area contributed by atoms with Crippen LogP contribution in [0.2, 0.25) is 0 Å². The lowest BCUT2D eigenvalue weighted by atomic mass is 10.4. The average Bonchev–Trinajstić information content (AvgIpc) is 2.20. The van der Waals surface area contributed by atoms with E-state index in [0.29, 0.717) is 0 Å². The van der Waals surface area contributed by atoms with Crippen LogP contribution in [0.1, 0.15) is 0 Å². The van der Waals surface area contributed by atoms with Crippen LogP contribution >= 0.6 is 22.6 Å². The maximum absolute atomic E-state index is 4.33. The molecule has 1 aliphatic rings. The van der Waals surface area contributed by atoms with Crippen LogP contribution < -0.4 is 10.2 Å². The van der Waals surface area contributed by atoms with Crippen LogP contribution in [0.15, 0.2) is 12.4 Å². The molecule has 0 saturated carbocycles. The fourth-order valence-corrected chi connectivity index (χ4v) is 1.64. The lowest BCUT2D eigenvalue weighted by molar-refractivity contribution is 0.584. The number of hydrogen-bond donors (Lipinski definition) is 1. The third kappa shape index (κ3) is 2.28. The lowest BCUT2D eigenvalue weighted by Gasteiger charge is -2.27. The second-order valence-corrected chi connectivity index (χ2v) is 4.04. The van der Waals surface area contributed by atoms with Gasteiger partial charge in [0, 0.05) is 26.2 Å². The third-order valence-corrected chi connectivity index (χ3v) is 2.60. The standard InChI is InChI=1S/C8H11IN4/c9-7-5-12-8(6-11-7)13-3-1-10-2-4-13/h5-6,10H,1-4H2. The lowest BCUT2D eigenvalue weighted by Crippen LogP contribution is -2.43. The quantitative estimate of drug-likeness (QED) is 0.764. The third-order valence-electron chi connectivity index (χ3n) is 2.05. The van der Waals surface area contributed by atoms with E-state index in [0.717, 1.165) is 35.7 Å². The Balaban J connectivity index is 2.10. The molecule has 0 spiro atoms. The first-order valence-electron chi connectivity index (χ1n) is 4.29. The van der Waals surface area contributed by atoms with Gasteiger partial charge in [0.25, 0.3) is 0 Å². The van der Waals surface area contributed by atoms with Gasteiger partial charge in [-0.25, -0.2) is 9.97 Å². The highest BCUT2D eigenvalue weighted by Crippen LogP contribution is 2.09. The molecule has 1 aromatic rings. The van der Waals surface area contributed by atoms with E-state index in [1.165, 1.54) is 0 Å². The number of halogens is 1. The van der Waals surface area contributed by atoms with Crippen LogP contribution in [0.5, 0.6) is 0 Å². The minimum atomic E-state index is 0.941. The summed E-state index contributed by atoms with van der Waals surface area (Å²) in [4.78, 5) is 10.8. The molecule has 0 aromatic carbocycles. The normalized spacial score (nSPS) is 17.5. The van der Waals surface area contributed by atoms with Crippen LogP contribution in [0.4, 0.5) is 5.82 Å². The molecule has 0 unspecified atom stereocenters. The molecule has 4 nitrogen and oxygen atoms in total. The van der Waals surface area contributed by atoms with Gasteiger partial charge in [0.05, 0.1) is 12.4 Å². The van der Waals surface area contributed by atoms with Gasteiger partial charge in [-0.05, 0) is 22.6 Å². The van der Waals surface area contributed by atoms with Crippen LogP contribution in [-0.2, 0) is 0 Å². The van der Waals surface area contributed by atoms with E-state index in [2.05, 4.69) is 42.8 Å². The van der Waals surface area contributed by atoms with Gasteiger partial charge in [-0.2, -0.15) is 0 Å². The topological polar surface area (TPSA) is 41.1 Å². The Kier molecular flexibility index (Phi) is 2.94. The van der Waals surface area contributed by atoms with Crippen molar-refractivity contribution in [3.05, 3.63) is 16.1 Å². The zero-order valence-electron chi connectivity index (χ0n) is 7.20. The molecule has 5 heteroatoms. The van der Waals surface area contributed by atoms with Crippen molar-refractivity contribution in [2.75, 3.05) is 31.1 Å². The molecule has 1 N–H and O–H groups in total. The SMILES string of the molecule is Ic1cnc(N2CCNCC2)cn1. The monoisotopic (exact) mass is 290 g/mol. The Hall–Kier alpha value is -0.430. The summed E-state index contributed by atoms with van der Waals surface area (Å²) < 4.78 is 0.941. The van der Waals surface area contributed by atoms with Crippen LogP contribution in [-0.4, -0.2) is 36.1 Å². The summed E-state index contributed by atoms with van der Waals surface area (Å²) in [7, 11) is 0. The molecule has 1 saturated heterocycles. The van der Waals surface area contributed by atoms with Crippen LogP contribution in [0.3, 0.4) is 0 Å². The summed E-state index contributed by atoms with van der Waals surface area (Å²) in [5.41, 5.74) is 0. The first kappa shape index (κ1) is 9.14. The van der Waals surface area contributed by atoms with Crippen LogP contribution in [0, 0.1) is 3.70 Å². The van der Waals surface area contributed by atoms with Gasteiger partial charge in [-0.1, -0.05) is 0 Å². The molecule has 0 bridgehead atoms. The number of nitrogens with one attached hydrogen (secondary N) is 1. The van der Waals surface area contributed by atoms with Crippen molar-refractivity contribution in [3.8, 4) is 0 Å². The van der Waals surface area contributed by atoms with Crippen molar-refractivity contribution in [1.29, 1.82) is 0 Å². The summed E-state index contributed by atoms with van der Waals surface area (Å²) in [6, 6.07) is 0. The average molecular weight is 290 g/mol. The van der Waals surface area contributed by atoms with Crippen LogP contribution in [0.25, 0.3) is 0 Å². The molecule has 13 heavy (non-hydrogen) atoms. The molecular formula is C8H11IN4. The summed E-state index contributed by atoms with van der Waals surface area (Å²) in [5, 5.41) is 3.30. The summed E-state index contributed by atoms with van der Waals surface area (Å²) in [5.74, 6) is 0.988. The second-order valence-electron chi connectivity index (χ2n) is 2.93. The van der Waals surface area contributed by atoms with Gasteiger partial charge in [-0.15, -0.1) is 0 Å². The largest absolute Gasteiger partial charge is 0.353 e. The molecule has 70 valence electrons. The fraction of sp³-hybridized carbons (Fsp3) is 0.500. The Bertz CT molecular complexity index is 268. The number of nitrogens with zero attached hydrogens (tertiary/aromatic N) is 3. The minimum Gasteiger partial charge on any atom is -0.353 e. The second kappa shape index (κ2) is 4.19. The molecule has 0 atom stereocenters. The molecule has 2 heterocycles. The van der Waals surface area contributed by atoms with Gasteiger partial charge in [0.15, 0.2) is 0 Å². The van der Waals surface area contributed by atoms with Crippen molar-refractivity contribution in [3.63, 3.8) is 0 Å². The molecule has 0 amide bonds. The molecule has 0 aliphatic carbocycles. The highest BCUT2D eigenvalue weighted by molar-refractivity contribution is 14.1. The van der Waals surface area contributed by atoms with Crippen molar-refractivity contribution < 1.29 is 0 Å². The Labute approximate surface area is 90.9 Å². The highest BCUT2D eigenvalue weighted by atomic mass is 127. The van der Waals surface area contributed by atoms with Crippen molar-refractivity contribution in [2.45, 2.75) is 0 Å². The Morgan fingerprint density at radius 3 is 2.62 bits per heavy atom. The predicted octanol–water partition coefficient (Wildman–Crippen LogP) is 0.491. The molecular weight excluding hydrogens is 279 g/mol. The van der Waals surface area contributed by atoms with E-state index in [9.17, 15) is 0 Å². The zero-order chi connectivity index (χ0) is 9.10. The number of aromatic nitrogens is 2. The maximum Gasteiger partial charge on any atom is 0.147 e. The highest BCUT2D eigenvalue weighted by Gasteiger charge is 2.10. The number of hydrogen-bond acceptors (Lipinski definition) is 4.